The predicted molar refractivity (Wildman–Crippen MR) is 77.4 cm³/mol. The summed E-state index contributed by atoms with van der Waals surface area (Å²) in [5, 5.41) is 0. The van der Waals surface area contributed by atoms with Crippen LogP contribution in [0.1, 0.15) is 73.1 Å². The van der Waals surface area contributed by atoms with Crippen molar-refractivity contribution >= 4 is 5.78 Å². The molecular weight excluding hydrogens is 222 g/mol. The average Bonchev–Trinajstić information content (AvgIpc) is 2.27. The minimum absolute atomic E-state index is 0.195. The number of hydrogen-bond donors (Lipinski definition) is 1. The van der Waals surface area contributed by atoms with E-state index in [1.807, 2.05) is 20.8 Å². The Kier molecular flexibility index (Phi) is 4.99. The predicted octanol–water partition coefficient (Wildman–Crippen LogP) is 3.93. The van der Waals surface area contributed by atoms with Crippen molar-refractivity contribution in [2.24, 2.45) is 22.5 Å². The van der Waals surface area contributed by atoms with E-state index in [2.05, 4.69) is 13.8 Å². The summed E-state index contributed by atoms with van der Waals surface area (Å²) >= 11 is 0. The van der Waals surface area contributed by atoms with Gasteiger partial charge < -0.3 is 5.73 Å². The summed E-state index contributed by atoms with van der Waals surface area (Å²) in [6.45, 7) is 10.5. The number of Topliss-reactive ketones (excluding diaryl/α,β-unsaturated/α-hetero) is 1. The standard InChI is InChI=1S/C16H31NO/c1-15(2,3)14(18)13(17)11-16(4,5)12-9-7-6-8-10-12/h12-13H,6-11,17H2,1-5H3. The summed E-state index contributed by atoms with van der Waals surface area (Å²) in [6, 6.07) is -0.304. The van der Waals surface area contributed by atoms with Crippen molar-refractivity contribution in [2.45, 2.75) is 79.2 Å². The Hall–Kier alpha value is -0.370. The van der Waals surface area contributed by atoms with Gasteiger partial charge in [-0.2, -0.15) is 0 Å². The van der Waals surface area contributed by atoms with E-state index in [1.165, 1.54) is 32.1 Å². The normalized spacial score (nSPS) is 20.8. The second-order valence-electron chi connectivity index (χ2n) is 7.75. The number of hydrogen-bond acceptors (Lipinski definition) is 2. The number of rotatable bonds is 4. The number of carbonyl (C=O) groups is 1. The molecule has 2 heteroatoms. The molecule has 1 aliphatic carbocycles. The molecule has 1 aliphatic rings. The Morgan fingerprint density at radius 1 is 1.11 bits per heavy atom. The van der Waals surface area contributed by atoms with Crippen molar-refractivity contribution < 1.29 is 4.79 Å². The van der Waals surface area contributed by atoms with Gasteiger partial charge in [0.25, 0.3) is 0 Å². The Bertz CT molecular complexity index is 282. The van der Waals surface area contributed by atoms with Crippen molar-refractivity contribution in [1.82, 2.24) is 0 Å². The molecule has 1 saturated carbocycles. The van der Waals surface area contributed by atoms with Gasteiger partial charge in [0.1, 0.15) is 0 Å². The van der Waals surface area contributed by atoms with Gasteiger partial charge in [0, 0.05) is 5.41 Å². The summed E-state index contributed by atoms with van der Waals surface area (Å²) < 4.78 is 0. The molecule has 106 valence electrons. The van der Waals surface area contributed by atoms with Crippen LogP contribution >= 0.6 is 0 Å². The average molecular weight is 253 g/mol. The molecule has 0 aromatic heterocycles. The lowest BCUT2D eigenvalue weighted by Crippen LogP contribution is -2.43. The van der Waals surface area contributed by atoms with Crippen LogP contribution in [0.5, 0.6) is 0 Å². The van der Waals surface area contributed by atoms with Crippen molar-refractivity contribution in [3.63, 3.8) is 0 Å². The smallest absolute Gasteiger partial charge is 0.154 e. The minimum atomic E-state index is -0.317. The number of carbonyl (C=O) groups excluding carboxylic acids is 1. The maximum Gasteiger partial charge on any atom is 0.154 e. The molecule has 1 unspecified atom stereocenters. The third-order valence-electron chi connectivity index (χ3n) is 4.53. The molecule has 0 amide bonds. The van der Waals surface area contributed by atoms with Crippen LogP contribution < -0.4 is 5.73 Å². The molecule has 2 N–H and O–H groups in total. The SMILES string of the molecule is CC(C)(C)C(=O)C(N)CC(C)(C)C1CCCCC1. The quantitative estimate of drug-likeness (QED) is 0.825. The second-order valence-corrected chi connectivity index (χ2v) is 7.75. The molecular formula is C16H31NO. The monoisotopic (exact) mass is 253 g/mol. The van der Waals surface area contributed by atoms with E-state index in [1.54, 1.807) is 0 Å². The third-order valence-corrected chi connectivity index (χ3v) is 4.53. The Morgan fingerprint density at radius 2 is 1.61 bits per heavy atom. The molecule has 2 nitrogen and oxygen atoms in total. The molecule has 0 bridgehead atoms. The molecule has 0 aliphatic heterocycles. The number of nitrogens with two attached hydrogens (primary N) is 1. The highest BCUT2D eigenvalue weighted by Gasteiger charge is 2.36. The Labute approximate surface area is 113 Å². The Morgan fingerprint density at radius 3 is 2.06 bits per heavy atom. The lowest BCUT2D eigenvalue weighted by molar-refractivity contribution is -0.128. The van der Waals surface area contributed by atoms with Gasteiger partial charge >= 0.3 is 0 Å². The zero-order valence-electron chi connectivity index (χ0n) is 12.9. The van der Waals surface area contributed by atoms with Crippen LogP contribution in [0.4, 0.5) is 0 Å². The van der Waals surface area contributed by atoms with E-state index in [0.717, 1.165) is 12.3 Å². The molecule has 0 spiro atoms. The van der Waals surface area contributed by atoms with E-state index in [4.69, 9.17) is 5.73 Å². The molecule has 0 heterocycles. The van der Waals surface area contributed by atoms with Crippen LogP contribution in [0.15, 0.2) is 0 Å². The maximum atomic E-state index is 12.2. The van der Waals surface area contributed by atoms with Gasteiger partial charge in [-0.3, -0.25) is 4.79 Å². The van der Waals surface area contributed by atoms with E-state index in [-0.39, 0.29) is 22.7 Å². The zero-order chi connectivity index (χ0) is 14.0. The van der Waals surface area contributed by atoms with Gasteiger partial charge in [0.15, 0.2) is 5.78 Å². The van der Waals surface area contributed by atoms with Crippen LogP contribution in [-0.4, -0.2) is 11.8 Å². The molecule has 1 fully saturated rings. The second kappa shape index (κ2) is 5.73. The molecule has 0 aromatic rings. The fourth-order valence-corrected chi connectivity index (χ4v) is 3.27. The molecule has 0 saturated heterocycles. The zero-order valence-corrected chi connectivity index (χ0v) is 12.9. The van der Waals surface area contributed by atoms with Crippen molar-refractivity contribution in [3.8, 4) is 0 Å². The van der Waals surface area contributed by atoms with E-state index < -0.39 is 0 Å². The first-order valence-corrected chi connectivity index (χ1v) is 7.44. The van der Waals surface area contributed by atoms with Crippen molar-refractivity contribution in [3.05, 3.63) is 0 Å². The fraction of sp³-hybridized carbons (Fsp3) is 0.938. The molecule has 18 heavy (non-hydrogen) atoms. The highest BCUT2D eigenvalue weighted by molar-refractivity contribution is 5.88. The van der Waals surface area contributed by atoms with E-state index >= 15 is 0 Å². The molecule has 1 rings (SSSR count). The minimum Gasteiger partial charge on any atom is -0.321 e. The van der Waals surface area contributed by atoms with Gasteiger partial charge in [-0.1, -0.05) is 53.9 Å². The first-order chi connectivity index (χ1) is 8.14. The molecule has 0 radical (unpaired) electrons. The van der Waals surface area contributed by atoms with Gasteiger partial charge in [0.05, 0.1) is 6.04 Å². The maximum absolute atomic E-state index is 12.2. The molecule has 0 aromatic carbocycles. The van der Waals surface area contributed by atoms with Gasteiger partial charge in [-0.05, 0) is 30.6 Å². The van der Waals surface area contributed by atoms with Crippen molar-refractivity contribution in [1.29, 1.82) is 0 Å². The summed E-state index contributed by atoms with van der Waals surface area (Å²) in [7, 11) is 0. The van der Waals surface area contributed by atoms with Gasteiger partial charge in [0.2, 0.25) is 0 Å². The highest BCUT2D eigenvalue weighted by Crippen LogP contribution is 2.41. The van der Waals surface area contributed by atoms with Crippen LogP contribution in [0.25, 0.3) is 0 Å². The lowest BCUT2D eigenvalue weighted by Gasteiger charge is -2.39. The first kappa shape index (κ1) is 15.7. The fourth-order valence-electron chi connectivity index (χ4n) is 3.27. The third kappa shape index (κ3) is 4.08. The van der Waals surface area contributed by atoms with Crippen LogP contribution in [-0.2, 0) is 4.79 Å². The van der Waals surface area contributed by atoms with Gasteiger partial charge in [-0.15, -0.1) is 0 Å². The topological polar surface area (TPSA) is 43.1 Å². The highest BCUT2D eigenvalue weighted by atomic mass is 16.1. The number of ketones is 1. The van der Waals surface area contributed by atoms with Crippen LogP contribution in [0.2, 0.25) is 0 Å². The van der Waals surface area contributed by atoms with E-state index in [9.17, 15) is 4.79 Å². The lowest BCUT2D eigenvalue weighted by atomic mass is 9.67. The van der Waals surface area contributed by atoms with E-state index in [0.29, 0.717) is 0 Å². The van der Waals surface area contributed by atoms with Gasteiger partial charge in [-0.25, -0.2) is 0 Å². The first-order valence-electron chi connectivity index (χ1n) is 7.44. The Balaban J connectivity index is 2.61. The summed E-state index contributed by atoms with van der Waals surface area (Å²) in [5.74, 6) is 0.941. The van der Waals surface area contributed by atoms with Crippen molar-refractivity contribution in [2.75, 3.05) is 0 Å². The van der Waals surface area contributed by atoms with Crippen LogP contribution in [0.3, 0.4) is 0 Å². The van der Waals surface area contributed by atoms with Crippen LogP contribution in [0, 0.1) is 16.7 Å². The molecule has 1 atom stereocenters. The summed E-state index contributed by atoms with van der Waals surface area (Å²) in [6.07, 6.45) is 7.51. The summed E-state index contributed by atoms with van der Waals surface area (Å²) in [4.78, 5) is 12.2. The largest absolute Gasteiger partial charge is 0.321 e. The summed E-state index contributed by atoms with van der Waals surface area (Å²) in [5.41, 5.74) is 6.02.